The van der Waals surface area contributed by atoms with Crippen LogP contribution in [0.2, 0.25) is 0 Å². The van der Waals surface area contributed by atoms with Crippen LogP contribution in [0, 0.1) is 11.7 Å². The third-order valence-electron chi connectivity index (χ3n) is 4.57. The molecule has 0 bridgehead atoms. The highest BCUT2D eigenvalue weighted by Crippen LogP contribution is 2.37. The number of aromatic nitrogens is 2. The largest absolute Gasteiger partial charge is 0.419 e. The molecule has 1 amide bonds. The molecule has 1 aliphatic rings. The summed E-state index contributed by atoms with van der Waals surface area (Å²) in [6.45, 7) is 3.47. The van der Waals surface area contributed by atoms with Crippen LogP contribution in [0.5, 0.6) is 0 Å². The van der Waals surface area contributed by atoms with E-state index in [1.807, 2.05) is 0 Å². The summed E-state index contributed by atoms with van der Waals surface area (Å²) >= 11 is 0. The van der Waals surface area contributed by atoms with Crippen LogP contribution in [0.15, 0.2) is 29.1 Å². The fourth-order valence-electron chi connectivity index (χ4n) is 2.95. The van der Waals surface area contributed by atoms with Gasteiger partial charge in [0.25, 0.3) is 11.5 Å². The molecule has 1 atom stereocenters. The number of halogens is 4. The minimum Gasteiger partial charge on any atom is -0.344 e. The van der Waals surface area contributed by atoms with E-state index in [0.29, 0.717) is 11.9 Å². The van der Waals surface area contributed by atoms with Crippen molar-refractivity contribution < 1.29 is 22.4 Å². The van der Waals surface area contributed by atoms with Crippen LogP contribution in [0.1, 0.15) is 66.1 Å². The lowest BCUT2D eigenvalue weighted by Gasteiger charge is -2.23. The molecule has 0 unspecified atom stereocenters. The monoisotopic (exact) mass is 397 g/mol. The Labute approximate surface area is 158 Å². The van der Waals surface area contributed by atoms with Gasteiger partial charge in [-0.05, 0) is 36.5 Å². The molecule has 2 N–H and O–H groups in total. The lowest BCUT2D eigenvalue weighted by atomic mass is 9.94. The molecular weight excluding hydrogens is 378 g/mol. The molecule has 2 aromatic rings. The average molecular weight is 397 g/mol. The number of benzene rings is 1. The van der Waals surface area contributed by atoms with E-state index < -0.39 is 35.1 Å². The summed E-state index contributed by atoms with van der Waals surface area (Å²) in [6, 6.07) is 2.87. The topological polar surface area (TPSA) is 74.8 Å². The van der Waals surface area contributed by atoms with E-state index in [4.69, 9.17) is 0 Å². The van der Waals surface area contributed by atoms with Gasteiger partial charge in [-0.15, -0.1) is 0 Å². The first-order chi connectivity index (χ1) is 13.1. The number of aromatic amines is 1. The average Bonchev–Trinajstić information content (AvgIpc) is 3.42. The van der Waals surface area contributed by atoms with E-state index in [1.165, 1.54) is 0 Å². The summed E-state index contributed by atoms with van der Waals surface area (Å²) < 4.78 is 52.2. The number of hydrogen-bond donors (Lipinski definition) is 2. The van der Waals surface area contributed by atoms with Gasteiger partial charge in [0.1, 0.15) is 17.3 Å². The Morgan fingerprint density at radius 3 is 2.46 bits per heavy atom. The van der Waals surface area contributed by atoms with E-state index in [0.717, 1.165) is 31.0 Å². The van der Waals surface area contributed by atoms with E-state index in [-0.39, 0.29) is 23.1 Å². The van der Waals surface area contributed by atoms with E-state index in [1.54, 1.807) is 13.8 Å². The van der Waals surface area contributed by atoms with Crippen LogP contribution in [0.4, 0.5) is 17.6 Å². The second-order valence-electron chi connectivity index (χ2n) is 7.22. The number of nitrogens with one attached hydrogen (secondary N) is 2. The van der Waals surface area contributed by atoms with Crippen molar-refractivity contribution in [1.29, 1.82) is 0 Å². The Balaban J connectivity index is 1.87. The van der Waals surface area contributed by atoms with E-state index >= 15 is 0 Å². The van der Waals surface area contributed by atoms with Crippen LogP contribution >= 0.6 is 0 Å². The number of alkyl halides is 3. The molecule has 1 aromatic carbocycles. The maximum atomic E-state index is 13.9. The third kappa shape index (κ3) is 4.40. The normalized spacial score (nSPS) is 15.5. The van der Waals surface area contributed by atoms with Gasteiger partial charge in [-0.25, -0.2) is 9.37 Å². The minimum absolute atomic E-state index is 0.0799. The lowest BCUT2D eigenvalue weighted by molar-refractivity contribution is -0.140. The third-order valence-corrected chi connectivity index (χ3v) is 4.57. The van der Waals surface area contributed by atoms with Gasteiger partial charge >= 0.3 is 6.18 Å². The highest BCUT2D eigenvalue weighted by atomic mass is 19.4. The van der Waals surface area contributed by atoms with Crippen LogP contribution in [-0.2, 0) is 6.18 Å². The number of nitrogens with zero attached hydrogens (tertiary/aromatic N) is 1. The van der Waals surface area contributed by atoms with Gasteiger partial charge in [-0.3, -0.25) is 9.59 Å². The van der Waals surface area contributed by atoms with Crippen molar-refractivity contribution in [1.82, 2.24) is 15.3 Å². The van der Waals surface area contributed by atoms with Crippen LogP contribution < -0.4 is 10.9 Å². The van der Waals surface area contributed by atoms with Crippen LogP contribution in [0.3, 0.4) is 0 Å². The van der Waals surface area contributed by atoms with Crippen molar-refractivity contribution in [3.05, 3.63) is 63.1 Å². The highest BCUT2D eigenvalue weighted by Gasteiger charge is 2.34. The molecule has 1 aliphatic carbocycles. The summed E-state index contributed by atoms with van der Waals surface area (Å²) in [5.74, 6) is -1.73. The molecule has 3 rings (SSSR count). The quantitative estimate of drug-likeness (QED) is 0.751. The zero-order valence-corrected chi connectivity index (χ0v) is 15.2. The molecule has 1 heterocycles. The van der Waals surface area contributed by atoms with Crippen molar-refractivity contribution in [3.8, 4) is 0 Å². The fraction of sp³-hybridized carbons (Fsp3) is 0.421. The molecular formula is C19H19F4N3O2. The smallest absolute Gasteiger partial charge is 0.344 e. The summed E-state index contributed by atoms with van der Waals surface area (Å²) in [7, 11) is 0. The van der Waals surface area contributed by atoms with Crippen LogP contribution in [0.25, 0.3) is 0 Å². The second-order valence-corrected chi connectivity index (χ2v) is 7.22. The molecule has 1 saturated carbocycles. The standard InChI is InChI=1S/C19H19F4N3O2/c1-9(2)16(11-5-6-12(13(20)7-11)19(21,22)23)26-18(28)14-8-15(27)25-17(24-14)10-3-4-10/h5-10,16H,3-4H2,1-2H3,(H,26,28)(H,24,25,27)/t16-/m1/s1. The molecule has 1 fully saturated rings. The Bertz CT molecular complexity index is 949. The van der Waals surface area contributed by atoms with Crippen molar-refractivity contribution in [3.63, 3.8) is 0 Å². The van der Waals surface area contributed by atoms with Gasteiger partial charge in [-0.1, -0.05) is 19.9 Å². The zero-order valence-electron chi connectivity index (χ0n) is 15.2. The maximum absolute atomic E-state index is 13.9. The second kappa shape index (κ2) is 7.37. The molecule has 0 saturated heterocycles. The number of carbonyl (C=O) groups is 1. The molecule has 150 valence electrons. The molecule has 0 radical (unpaired) electrons. The Morgan fingerprint density at radius 1 is 1.25 bits per heavy atom. The van der Waals surface area contributed by atoms with E-state index in [2.05, 4.69) is 15.3 Å². The predicted molar refractivity (Wildman–Crippen MR) is 93.3 cm³/mol. The first-order valence-corrected chi connectivity index (χ1v) is 8.85. The molecule has 0 aliphatic heterocycles. The Kier molecular flexibility index (Phi) is 5.27. The number of H-pyrrole nitrogens is 1. The van der Waals surface area contributed by atoms with Crippen molar-refractivity contribution >= 4 is 5.91 Å². The maximum Gasteiger partial charge on any atom is 0.419 e. The minimum atomic E-state index is -4.80. The van der Waals surface area contributed by atoms with E-state index in [9.17, 15) is 27.2 Å². The van der Waals surface area contributed by atoms with Gasteiger partial charge < -0.3 is 10.3 Å². The molecule has 0 spiro atoms. The van der Waals surface area contributed by atoms with Gasteiger partial charge in [0.15, 0.2) is 0 Å². The van der Waals surface area contributed by atoms with Crippen molar-refractivity contribution in [2.75, 3.05) is 0 Å². The molecule has 5 nitrogen and oxygen atoms in total. The van der Waals surface area contributed by atoms with Crippen molar-refractivity contribution in [2.24, 2.45) is 5.92 Å². The zero-order chi connectivity index (χ0) is 20.6. The summed E-state index contributed by atoms with van der Waals surface area (Å²) in [6.07, 6.45) is -3.03. The number of amides is 1. The fourth-order valence-corrected chi connectivity index (χ4v) is 2.95. The first-order valence-electron chi connectivity index (χ1n) is 8.85. The van der Waals surface area contributed by atoms with Gasteiger partial charge in [0.2, 0.25) is 0 Å². The Hall–Kier alpha value is -2.71. The molecule has 28 heavy (non-hydrogen) atoms. The van der Waals surface area contributed by atoms with Crippen LogP contribution in [-0.4, -0.2) is 15.9 Å². The number of rotatable bonds is 5. The summed E-state index contributed by atoms with van der Waals surface area (Å²) in [5.41, 5.74) is -1.70. The van der Waals surface area contributed by atoms with Gasteiger partial charge in [-0.2, -0.15) is 13.2 Å². The van der Waals surface area contributed by atoms with Crippen molar-refractivity contribution in [2.45, 2.75) is 44.8 Å². The van der Waals surface area contributed by atoms with Gasteiger partial charge in [0, 0.05) is 12.0 Å². The Morgan fingerprint density at radius 2 is 1.93 bits per heavy atom. The predicted octanol–water partition coefficient (Wildman–Crippen LogP) is 3.93. The number of carbonyl (C=O) groups excluding carboxylic acids is 1. The molecule has 1 aromatic heterocycles. The number of hydrogen-bond acceptors (Lipinski definition) is 3. The summed E-state index contributed by atoms with van der Waals surface area (Å²) in [4.78, 5) is 31.1. The SMILES string of the molecule is CC(C)[C@@H](NC(=O)c1cc(=O)[nH]c(C2CC2)n1)c1ccc(C(F)(F)F)c(F)c1. The molecule has 9 heteroatoms. The lowest BCUT2D eigenvalue weighted by Crippen LogP contribution is -2.33. The first kappa shape index (κ1) is 20.0. The van der Waals surface area contributed by atoms with Gasteiger partial charge in [0.05, 0.1) is 11.6 Å². The summed E-state index contributed by atoms with van der Waals surface area (Å²) in [5, 5.41) is 2.65. The highest BCUT2D eigenvalue weighted by molar-refractivity contribution is 5.92.